The molecule has 1 aliphatic carbocycles. The van der Waals surface area contributed by atoms with Gasteiger partial charge in [0.2, 0.25) is 5.90 Å². The van der Waals surface area contributed by atoms with Gasteiger partial charge in [0.25, 0.3) is 5.91 Å². The molecular formula is C35H42N6O6. The quantitative estimate of drug-likeness (QED) is 0.0589. The van der Waals surface area contributed by atoms with Gasteiger partial charge in [-0.25, -0.2) is 10.4 Å². The van der Waals surface area contributed by atoms with Gasteiger partial charge in [0.1, 0.15) is 11.5 Å². The van der Waals surface area contributed by atoms with Crippen LogP contribution >= 0.6 is 0 Å². The van der Waals surface area contributed by atoms with E-state index in [1.807, 2.05) is 60.7 Å². The van der Waals surface area contributed by atoms with Crippen molar-refractivity contribution in [2.45, 2.75) is 68.7 Å². The van der Waals surface area contributed by atoms with E-state index < -0.39 is 23.2 Å². The van der Waals surface area contributed by atoms with Gasteiger partial charge in [-0.2, -0.15) is 0 Å². The Balaban J connectivity index is 1.56. The largest absolute Gasteiger partial charge is 0.497 e. The van der Waals surface area contributed by atoms with Crippen molar-refractivity contribution in [3.8, 4) is 11.5 Å². The minimum atomic E-state index is -1.52. The highest BCUT2D eigenvalue weighted by atomic mass is 16.5. The Bertz CT molecular complexity index is 1590. The van der Waals surface area contributed by atoms with Gasteiger partial charge in [-0.05, 0) is 71.5 Å². The second-order valence-electron chi connectivity index (χ2n) is 12.0. The van der Waals surface area contributed by atoms with Crippen LogP contribution in [0, 0.1) is 0 Å². The van der Waals surface area contributed by atoms with E-state index in [4.69, 9.17) is 29.8 Å². The fourth-order valence-corrected chi connectivity index (χ4v) is 6.15. The van der Waals surface area contributed by atoms with Gasteiger partial charge >= 0.3 is 0 Å². The second kappa shape index (κ2) is 15.8. The summed E-state index contributed by atoms with van der Waals surface area (Å²) in [6, 6.07) is 22.1. The highest BCUT2D eigenvalue weighted by Gasteiger charge is 2.54. The predicted octanol–water partition coefficient (Wildman–Crippen LogP) is 5.08. The third kappa shape index (κ3) is 8.22. The summed E-state index contributed by atoms with van der Waals surface area (Å²) in [5, 5.41) is 24.0. The molecule has 0 aromatic heterocycles. The van der Waals surface area contributed by atoms with Crippen molar-refractivity contribution in [1.29, 1.82) is 0 Å². The van der Waals surface area contributed by atoms with Crippen LogP contribution in [-0.4, -0.2) is 60.0 Å². The van der Waals surface area contributed by atoms with E-state index in [1.165, 1.54) is 0 Å². The summed E-state index contributed by atoms with van der Waals surface area (Å²) in [7, 11) is 1.58. The normalized spacial score (nSPS) is 20.0. The predicted molar refractivity (Wildman–Crippen MR) is 177 cm³/mol. The number of nitrogens with zero attached hydrogens (tertiary/aromatic N) is 4. The number of nitrogens with one attached hydrogen (secondary N) is 2. The minimum absolute atomic E-state index is 0.0403. The Kier molecular flexibility index (Phi) is 11.3. The van der Waals surface area contributed by atoms with Gasteiger partial charge in [0.05, 0.1) is 25.9 Å². The average molecular weight is 643 g/mol. The van der Waals surface area contributed by atoms with Crippen molar-refractivity contribution in [2.75, 3.05) is 26.9 Å². The maximum Gasteiger partial charge on any atom is 0.266 e. The van der Waals surface area contributed by atoms with Crippen LogP contribution < -0.4 is 20.3 Å². The fraction of sp³-hybridized carbons (Fsp3) is 0.429. The first-order chi connectivity index (χ1) is 22.9. The summed E-state index contributed by atoms with van der Waals surface area (Å²) in [6.45, 7) is 0.723. The number of hydrazine groups is 1. The lowest BCUT2D eigenvalue weighted by atomic mass is 9.81. The molecule has 1 aliphatic heterocycles. The van der Waals surface area contributed by atoms with Crippen molar-refractivity contribution in [2.24, 2.45) is 10.1 Å². The molecule has 0 radical (unpaired) electrons. The number of aliphatic hydroxyl groups is 2. The summed E-state index contributed by atoms with van der Waals surface area (Å²) < 4.78 is 17.8. The molecule has 0 bridgehead atoms. The Hall–Kier alpha value is -4.61. The first kappa shape index (κ1) is 33.7. The van der Waals surface area contributed by atoms with Gasteiger partial charge in [0, 0.05) is 36.5 Å². The first-order valence-corrected chi connectivity index (χ1v) is 16.0. The van der Waals surface area contributed by atoms with E-state index in [-0.39, 0.29) is 32.0 Å². The Morgan fingerprint density at radius 1 is 1.06 bits per heavy atom. The van der Waals surface area contributed by atoms with Crippen molar-refractivity contribution in [3.63, 3.8) is 0 Å². The molecule has 1 saturated carbocycles. The van der Waals surface area contributed by atoms with E-state index in [9.17, 15) is 9.90 Å². The third-order valence-electron chi connectivity index (χ3n) is 8.71. The summed E-state index contributed by atoms with van der Waals surface area (Å²) >= 11 is 0. The lowest BCUT2D eigenvalue weighted by Crippen LogP contribution is -2.56. The van der Waals surface area contributed by atoms with Gasteiger partial charge < -0.3 is 24.4 Å². The number of amides is 1. The summed E-state index contributed by atoms with van der Waals surface area (Å²) in [6.07, 6.45) is 4.03. The lowest BCUT2D eigenvalue weighted by Gasteiger charge is -2.34. The number of carbonyl (C=O) groups is 1. The van der Waals surface area contributed by atoms with Crippen LogP contribution in [0.25, 0.3) is 10.4 Å². The molecular weight excluding hydrogens is 600 g/mol. The number of aliphatic hydroxyl groups excluding tert-OH is 1. The topological polar surface area (TPSA) is 170 Å². The van der Waals surface area contributed by atoms with Crippen LogP contribution in [0.1, 0.15) is 66.9 Å². The molecule has 2 atom stereocenters. The van der Waals surface area contributed by atoms with E-state index >= 15 is 0 Å². The maximum atomic E-state index is 14.6. The summed E-state index contributed by atoms with van der Waals surface area (Å²) in [5.41, 5.74) is 15.4. The van der Waals surface area contributed by atoms with Crippen LogP contribution in [-0.2, 0) is 22.5 Å². The van der Waals surface area contributed by atoms with E-state index in [2.05, 4.69) is 20.9 Å². The van der Waals surface area contributed by atoms with Gasteiger partial charge in [-0.1, -0.05) is 60.8 Å². The zero-order valence-electron chi connectivity index (χ0n) is 26.6. The number of hydrogen-bond donors (Lipinski definition) is 4. The van der Waals surface area contributed by atoms with Crippen molar-refractivity contribution < 1.29 is 29.2 Å². The molecule has 3 aromatic carbocycles. The molecule has 3 aromatic rings. The van der Waals surface area contributed by atoms with Crippen molar-refractivity contribution in [1.82, 2.24) is 10.9 Å². The van der Waals surface area contributed by atoms with Gasteiger partial charge in [-0.15, -0.1) is 0 Å². The molecule has 1 amide bonds. The summed E-state index contributed by atoms with van der Waals surface area (Å²) in [4.78, 5) is 22.6. The van der Waals surface area contributed by atoms with Crippen LogP contribution in [0.3, 0.4) is 0 Å². The maximum absolute atomic E-state index is 14.6. The molecule has 0 spiro atoms. The fourth-order valence-electron chi connectivity index (χ4n) is 6.15. The molecule has 12 heteroatoms. The second-order valence-corrected chi connectivity index (χ2v) is 12.0. The standard InChI is InChI=1S/C35H42N6O6/c1-45-30-12-7-11-26(21-30)31-35(22-27-9-3-4-10-28(27)23-37-41-36,33(43)40-38-24-34(44)17-5-2-6-18-34)39-32(47-31)25-13-15-29(16-14-25)46-20-8-19-42/h3-4,7,9-16,21,31,38,42,44H,2,5-6,8,17-20,22-24H2,1H3,(H,40,43)/t31-,35-/m0/s1. The van der Waals surface area contributed by atoms with Crippen molar-refractivity contribution in [3.05, 3.63) is 105 Å². The molecule has 248 valence electrons. The number of benzene rings is 3. The van der Waals surface area contributed by atoms with E-state index in [0.29, 0.717) is 48.5 Å². The number of ether oxygens (including phenoxy) is 3. The van der Waals surface area contributed by atoms with Crippen LogP contribution in [0.4, 0.5) is 0 Å². The Labute approximate surface area is 274 Å². The summed E-state index contributed by atoms with van der Waals surface area (Å²) in [5.74, 6) is 1.06. The SMILES string of the molecule is COc1cccc([C@@H]2OC(c3ccc(OCCCO)cc3)=N[C@]2(Cc2ccccc2CN=[N+]=[N-])C(=O)NNCC2(O)CCCCC2)c1. The van der Waals surface area contributed by atoms with Crippen molar-refractivity contribution >= 4 is 11.8 Å². The van der Waals surface area contributed by atoms with Gasteiger partial charge in [0.15, 0.2) is 11.6 Å². The number of hydrogen-bond acceptors (Lipinski definition) is 9. The lowest BCUT2D eigenvalue weighted by molar-refractivity contribution is -0.130. The molecule has 5 rings (SSSR count). The number of aliphatic imine (C=N–C) groups is 1. The molecule has 0 unspecified atom stereocenters. The number of rotatable bonds is 15. The van der Waals surface area contributed by atoms with Crippen LogP contribution in [0.5, 0.6) is 11.5 Å². The van der Waals surface area contributed by atoms with Crippen LogP contribution in [0.2, 0.25) is 0 Å². The highest BCUT2D eigenvalue weighted by Crippen LogP contribution is 2.43. The number of methoxy groups -OCH3 is 1. The Morgan fingerprint density at radius 2 is 1.83 bits per heavy atom. The zero-order chi connectivity index (χ0) is 33.1. The zero-order valence-corrected chi connectivity index (χ0v) is 26.6. The van der Waals surface area contributed by atoms with E-state index in [0.717, 1.165) is 30.4 Å². The average Bonchev–Trinajstić information content (AvgIpc) is 3.49. The molecule has 47 heavy (non-hydrogen) atoms. The smallest absolute Gasteiger partial charge is 0.266 e. The molecule has 1 heterocycles. The number of azide groups is 1. The first-order valence-electron chi connectivity index (χ1n) is 16.0. The Morgan fingerprint density at radius 3 is 2.55 bits per heavy atom. The van der Waals surface area contributed by atoms with Crippen LogP contribution in [0.15, 0.2) is 82.9 Å². The molecule has 1 fully saturated rings. The number of carbonyl (C=O) groups excluding carboxylic acids is 1. The monoisotopic (exact) mass is 642 g/mol. The third-order valence-corrected chi connectivity index (χ3v) is 8.71. The molecule has 2 aliphatic rings. The minimum Gasteiger partial charge on any atom is -0.497 e. The molecule has 0 saturated heterocycles. The van der Waals surface area contributed by atoms with E-state index in [1.54, 1.807) is 19.2 Å². The molecule has 12 nitrogen and oxygen atoms in total. The molecule has 4 N–H and O–H groups in total. The highest BCUT2D eigenvalue weighted by molar-refractivity contribution is 6.01. The van der Waals surface area contributed by atoms with Gasteiger partial charge in [-0.3, -0.25) is 10.2 Å².